The molecule has 1 aliphatic carbocycles. The number of nitrogens with zero attached hydrogens (tertiary/aromatic N) is 3. The molecule has 0 bridgehead atoms. The first-order chi connectivity index (χ1) is 15.1. The molecule has 4 N–H and O–H groups in total. The minimum Gasteiger partial charge on any atom is -0.360 e. The third-order valence-electron chi connectivity index (χ3n) is 5.32. The van der Waals surface area contributed by atoms with Crippen LogP contribution in [0.1, 0.15) is 34.8 Å². The summed E-state index contributed by atoms with van der Waals surface area (Å²) < 4.78 is 0. The van der Waals surface area contributed by atoms with Crippen LogP contribution in [0, 0.1) is 0 Å². The van der Waals surface area contributed by atoms with Gasteiger partial charge in [0.1, 0.15) is 0 Å². The molecule has 0 spiro atoms. The van der Waals surface area contributed by atoms with E-state index in [1.54, 1.807) is 42.6 Å². The number of hydrogen-bond acceptors (Lipinski definition) is 4. The number of primary amides is 1. The number of para-hydroxylation sites is 1. The van der Waals surface area contributed by atoms with Crippen molar-refractivity contribution in [2.75, 3.05) is 5.01 Å². The van der Waals surface area contributed by atoms with E-state index in [4.69, 9.17) is 10.7 Å². The van der Waals surface area contributed by atoms with Gasteiger partial charge in [-0.1, -0.05) is 18.2 Å². The first-order valence-electron chi connectivity index (χ1n) is 9.99. The molecule has 0 saturated heterocycles. The van der Waals surface area contributed by atoms with Crippen molar-refractivity contribution in [3.05, 3.63) is 78.4 Å². The van der Waals surface area contributed by atoms with Crippen LogP contribution in [0.15, 0.2) is 67.1 Å². The molecule has 154 valence electrons. The normalized spacial score (nSPS) is 13.2. The molecule has 2 heterocycles. The summed E-state index contributed by atoms with van der Waals surface area (Å²) in [4.78, 5) is 37.1. The Balaban J connectivity index is 1.47. The highest BCUT2D eigenvalue weighted by atomic mass is 16.2. The Kier molecular flexibility index (Phi) is 4.59. The van der Waals surface area contributed by atoms with Crippen LogP contribution in [0.25, 0.3) is 22.2 Å². The lowest BCUT2D eigenvalue weighted by molar-refractivity contribution is 0.0951. The van der Waals surface area contributed by atoms with Crippen LogP contribution in [0.4, 0.5) is 10.5 Å². The number of carbonyl (C=O) groups is 2. The maximum Gasteiger partial charge on any atom is 0.338 e. The van der Waals surface area contributed by atoms with Crippen molar-refractivity contribution in [2.24, 2.45) is 5.73 Å². The first kappa shape index (κ1) is 18.8. The van der Waals surface area contributed by atoms with Gasteiger partial charge in [-0.25, -0.2) is 14.8 Å². The number of benzene rings is 2. The summed E-state index contributed by atoms with van der Waals surface area (Å²) in [5.74, 6) is 0.0475. The second-order valence-electron chi connectivity index (χ2n) is 7.52. The van der Waals surface area contributed by atoms with Gasteiger partial charge in [0, 0.05) is 40.3 Å². The molecule has 5 rings (SSSR count). The summed E-state index contributed by atoms with van der Waals surface area (Å²) in [6, 6.07) is 13.2. The van der Waals surface area contributed by atoms with Crippen LogP contribution in [0.5, 0.6) is 0 Å². The lowest BCUT2D eigenvalue weighted by atomic mass is 10.1. The smallest absolute Gasteiger partial charge is 0.338 e. The highest BCUT2D eigenvalue weighted by molar-refractivity contribution is 6.04. The van der Waals surface area contributed by atoms with E-state index in [1.165, 1.54) is 0 Å². The number of hydrazine groups is 1. The second-order valence-corrected chi connectivity index (χ2v) is 7.52. The maximum absolute atomic E-state index is 12.9. The molecule has 2 aromatic heterocycles. The van der Waals surface area contributed by atoms with Gasteiger partial charge in [0.05, 0.1) is 23.3 Å². The van der Waals surface area contributed by atoms with E-state index in [2.05, 4.69) is 15.4 Å². The predicted octanol–water partition coefficient (Wildman–Crippen LogP) is 3.73. The van der Waals surface area contributed by atoms with Gasteiger partial charge >= 0.3 is 6.03 Å². The van der Waals surface area contributed by atoms with Crippen molar-refractivity contribution in [1.82, 2.24) is 20.4 Å². The molecular weight excluding hydrogens is 392 g/mol. The molecule has 0 aliphatic heterocycles. The monoisotopic (exact) mass is 412 g/mol. The van der Waals surface area contributed by atoms with Crippen molar-refractivity contribution in [2.45, 2.75) is 18.8 Å². The van der Waals surface area contributed by atoms with Gasteiger partial charge in [0.15, 0.2) is 0 Å². The zero-order valence-electron chi connectivity index (χ0n) is 16.6. The zero-order chi connectivity index (χ0) is 21.4. The van der Waals surface area contributed by atoms with E-state index in [0.29, 0.717) is 17.2 Å². The standard InChI is InChI=1S/C23H20N6O2/c24-23(31)29(16-4-2-1-3-5-16)28-22(30)15-8-9-19-17(10-15)18(11-26-19)21-13-25-12-20(27-21)14-6-7-14/h1-5,8-14,26H,6-7H2,(H2,24,31)(H,28,30). The number of aromatic nitrogens is 3. The predicted molar refractivity (Wildman–Crippen MR) is 117 cm³/mol. The molecule has 1 fully saturated rings. The molecule has 3 amide bonds. The number of rotatable bonds is 4. The molecule has 0 unspecified atom stereocenters. The number of nitrogens with two attached hydrogens (primary N) is 1. The number of urea groups is 1. The number of H-pyrrole nitrogens is 1. The minimum absolute atomic E-state index is 0.391. The fourth-order valence-electron chi connectivity index (χ4n) is 3.55. The largest absolute Gasteiger partial charge is 0.360 e. The van der Waals surface area contributed by atoms with E-state index in [0.717, 1.165) is 45.7 Å². The van der Waals surface area contributed by atoms with Crippen molar-refractivity contribution < 1.29 is 9.59 Å². The van der Waals surface area contributed by atoms with Crippen LogP contribution < -0.4 is 16.2 Å². The number of fused-ring (bicyclic) bond motifs is 1. The highest BCUT2D eigenvalue weighted by Gasteiger charge is 2.26. The lowest BCUT2D eigenvalue weighted by Gasteiger charge is -2.21. The number of aromatic amines is 1. The van der Waals surface area contributed by atoms with Gasteiger partial charge in [-0.2, -0.15) is 0 Å². The van der Waals surface area contributed by atoms with Gasteiger partial charge < -0.3 is 10.7 Å². The molecule has 8 nitrogen and oxygen atoms in total. The Morgan fingerprint density at radius 2 is 1.90 bits per heavy atom. The van der Waals surface area contributed by atoms with Crippen molar-refractivity contribution in [1.29, 1.82) is 0 Å². The van der Waals surface area contributed by atoms with E-state index in [-0.39, 0.29) is 0 Å². The van der Waals surface area contributed by atoms with Crippen LogP contribution in [-0.2, 0) is 0 Å². The molecule has 8 heteroatoms. The summed E-state index contributed by atoms with van der Waals surface area (Å²) in [6.45, 7) is 0. The summed E-state index contributed by atoms with van der Waals surface area (Å²) in [6.07, 6.45) is 7.71. The lowest BCUT2D eigenvalue weighted by Crippen LogP contribution is -2.49. The van der Waals surface area contributed by atoms with Crippen molar-refractivity contribution >= 4 is 28.5 Å². The molecule has 4 aromatic rings. The topological polar surface area (TPSA) is 117 Å². The Morgan fingerprint density at radius 3 is 2.65 bits per heavy atom. The van der Waals surface area contributed by atoms with Crippen molar-refractivity contribution in [3.8, 4) is 11.3 Å². The van der Waals surface area contributed by atoms with Gasteiger partial charge in [-0.3, -0.25) is 15.2 Å². The Hall–Kier alpha value is -4.20. The maximum atomic E-state index is 12.9. The quantitative estimate of drug-likeness (QED) is 0.443. The van der Waals surface area contributed by atoms with Crippen molar-refractivity contribution in [3.63, 3.8) is 0 Å². The number of nitrogens with one attached hydrogen (secondary N) is 2. The van der Waals surface area contributed by atoms with Gasteiger partial charge in [0.25, 0.3) is 5.91 Å². The van der Waals surface area contributed by atoms with Crippen LogP contribution in [0.3, 0.4) is 0 Å². The molecular formula is C23H20N6O2. The van der Waals surface area contributed by atoms with Gasteiger partial charge in [-0.15, -0.1) is 0 Å². The van der Waals surface area contributed by atoms with Crippen LogP contribution in [0.2, 0.25) is 0 Å². The van der Waals surface area contributed by atoms with Gasteiger partial charge in [-0.05, 0) is 43.2 Å². The van der Waals surface area contributed by atoms with Crippen LogP contribution >= 0.6 is 0 Å². The first-order valence-corrected chi connectivity index (χ1v) is 9.99. The van der Waals surface area contributed by atoms with E-state index in [1.807, 2.05) is 24.5 Å². The molecule has 2 aromatic carbocycles. The molecule has 0 radical (unpaired) electrons. The SMILES string of the molecule is NC(=O)N(NC(=O)c1ccc2[nH]cc(-c3cncc(C4CC4)n3)c2c1)c1ccccc1. The fourth-order valence-corrected chi connectivity index (χ4v) is 3.55. The second kappa shape index (κ2) is 7.56. The highest BCUT2D eigenvalue weighted by Crippen LogP contribution is 2.39. The molecule has 1 aliphatic rings. The summed E-state index contributed by atoms with van der Waals surface area (Å²) in [5.41, 5.74) is 12.4. The molecule has 1 saturated carbocycles. The number of carbonyl (C=O) groups excluding carboxylic acids is 2. The van der Waals surface area contributed by atoms with Crippen LogP contribution in [-0.4, -0.2) is 26.9 Å². The zero-order valence-corrected chi connectivity index (χ0v) is 16.6. The van der Waals surface area contributed by atoms with E-state index < -0.39 is 11.9 Å². The Bertz CT molecular complexity index is 1280. The average molecular weight is 412 g/mol. The average Bonchev–Trinajstić information content (AvgIpc) is 3.56. The molecule has 31 heavy (non-hydrogen) atoms. The number of anilines is 1. The Morgan fingerprint density at radius 1 is 1.10 bits per heavy atom. The minimum atomic E-state index is -0.782. The third-order valence-corrected chi connectivity index (χ3v) is 5.32. The summed E-state index contributed by atoms with van der Waals surface area (Å²) >= 11 is 0. The Labute approximate surface area is 178 Å². The summed E-state index contributed by atoms with van der Waals surface area (Å²) in [7, 11) is 0. The third kappa shape index (κ3) is 3.71. The molecule has 0 atom stereocenters. The summed E-state index contributed by atoms with van der Waals surface area (Å²) in [5, 5.41) is 1.87. The number of amides is 3. The fraction of sp³-hybridized carbons (Fsp3) is 0.130. The van der Waals surface area contributed by atoms with E-state index >= 15 is 0 Å². The number of hydrogen-bond donors (Lipinski definition) is 3. The van der Waals surface area contributed by atoms with Gasteiger partial charge in [0.2, 0.25) is 0 Å². The van der Waals surface area contributed by atoms with E-state index in [9.17, 15) is 9.59 Å².